The predicted octanol–water partition coefficient (Wildman–Crippen LogP) is 4.23. The van der Waals surface area contributed by atoms with E-state index >= 15 is 0 Å². The maximum atomic E-state index is 12.1. The molecule has 28 heavy (non-hydrogen) atoms. The second-order valence-electron chi connectivity index (χ2n) is 5.90. The Labute approximate surface area is 183 Å². The van der Waals surface area contributed by atoms with Crippen LogP contribution in [0, 0.1) is 13.8 Å². The molecule has 0 aliphatic heterocycles. The molecular weight excluding hydrogens is 504 g/mol. The molecule has 2 rings (SSSR count). The highest BCUT2D eigenvalue weighted by Gasteiger charge is 2.28. The number of guanidine groups is 1. The summed E-state index contributed by atoms with van der Waals surface area (Å²) in [6.07, 6.45) is -3.53. The lowest BCUT2D eigenvalue weighted by atomic mass is 10.2. The number of hydrogen-bond acceptors (Lipinski definition) is 4. The Morgan fingerprint density at radius 2 is 1.86 bits per heavy atom. The Bertz CT molecular complexity index is 744. The molecule has 156 valence electrons. The number of rotatable bonds is 7. The molecule has 5 nitrogen and oxygen atoms in total. The molecule has 0 unspecified atom stereocenters. The van der Waals surface area contributed by atoms with Crippen LogP contribution in [0.4, 0.5) is 13.2 Å². The van der Waals surface area contributed by atoms with Gasteiger partial charge in [0.15, 0.2) is 12.6 Å². The Hall–Kier alpha value is -1.56. The number of alkyl halides is 3. The molecule has 1 aromatic carbocycles. The lowest BCUT2D eigenvalue weighted by molar-refractivity contribution is -0.153. The van der Waals surface area contributed by atoms with E-state index in [4.69, 9.17) is 4.74 Å². The van der Waals surface area contributed by atoms with Crippen LogP contribution in [0.3, 0.4) is 0 Å². The van der Waals surface area contributed by atoms with Gasteiger partial charge in [0.1, 0.15) is 5.75 Å². The van der Waals surface area contributed by atoms with Crippen molar-refractivity contribution in [1.29, 1.82) is 0 Å². The van der Waals surface area contributed by atoms with Crippen LogP contribution >= 0.6 is 35.3 Å². The van der Waals surface area contributed by atoms with Gasteiger partial charge in [-0.25, -0.2) is 4.98 Å². The molecule has 1 aromatic heterocycles. The van der Waals surface area contributed by atoms with Gasteiger partial charge in [-0.2, -0.15) is 13.2 Å². The lowest BCUT2D eigenvalue weighted by Crippen LogP contribution is -2.37. The molecule has 0 atom stereocenters. The highest BCUT2D eigenvalue weighted by molar-refractivity contribution is 14.0. The SMILES string of the molecule is CN=C(NCCc1nc(C)c(C)s1)NCc1ccc(OCC(F)(F)F)cc1.I. The number of benzene rings is 1. The minimum absolute atomic E-state index is 0. The summed E-state index contributed by atoms with van der Waals surface area (Å²) in [5, 5.41) is 7.47. The average molecular weight is 528 g/mol. The maximum absolute atomic E-state index is 12.1. The van der Waals surface area contributed by atoms with Crippen LogP contribution in [-0.4, -0.2) is 37.3 Å². The number of ether oxygens (including phenoxy) is 1. The summed E-state index contributed by atoms with van der Waals surface area (Å²) in [5.41, 5.74) is 1.98. The van der Waals surface area contributed by atoms with E-state index in [-0.39, 0.29) is 29.7 Å². The minimum atomic E-state index is -4.34. The van der Waals surface area contributed by atoms with Crippen LogP contribution in [0.25, 0.3) is 0 Å². The van der Waals surface area contributed by atoms with Crippen molar-refractivity contribution in [3.63, 3.8) is 0 Å². The van der Waals surface area contributed by atoms with E-state index in [9.17, 15) is 13.2 Å². The highest BCUT2D eigenvalue weighted by atomic mass is 127. The number of aryl methyl sites for hydroxylation is 2. The van der Waals surface area contributed by atoms with Crippen molar-refractivity contribution >= 4 is 41.3 Å². The Morgan fingerprint density at radius 1 is 1.18 bits per heavy atom. The summed E-state index contributed by atoms with van der Waals surface area (Å²) >= 11 is 1.70. The smallest absolute Gasteiger partial charge is 0.422 e. The Balaban J connectivity index is 0.00000392. The molecule has 2 aromatic rings. The van der Waals surface area contributed by atoms with E-state index in [0.29, 0.717) is 19.0 Å². The largest absolute Gasteiger partial charge is 0.484 e. The number of halogens is 4. The Kier molecular flexibility index (Phi) is 10.0. The molecule has 0 saturated heterocycles. The van der Waals surface area contributed by atoms with Crippen molar-refractivity contribution in [2.24, 2.45) is 4.99 Å². The van der Waals surface area contributed by atoms with Crippen LogP contribution in [0.5, 0.6) is 5.75 Å². The summed E-state index contributed by atoms with van der Waals surface area (Å²) < 4.78 is 41.1. The van der Waals surface area contributed by atoms with Crippen LogP contribution in [0.15, 0.2) is 29.3 Å². The number of aromatic nitrogens is 1. The fourth-order valence-corrected chi connectivity index (χ4v) is 3.14. The summed E-state index contributed by atoms with van der Waals surface area (Å²) in [7, 11) is 1.68. The monoisotopic (exact) mass is 528 g/mol. The third-order valence-electron chi connectivity index (χ3n) is 3.71. The second kappa shape index (κ2) is 11.4. The van der Waals surface area contributed by atoms with Gasteiger partial charge >= 0.3 is 6.18 Å². The first kappa shape index (κ1) is 24.5. The number of nitrogens with zero attached hydrogens (tertiary/aromatic N) is 2. The van der Waals surface area contributed by atoms with Crippen molar-refractivity contribution in [2.75, 3.05) is 20.2 Å². The maximum Gasteiger partial charge on any atom is 0.422 e. The zero-order valence-electron chi connectivity index (χ0n) is 15.9. The molecule has 1 heterocycles. The van der Waals surface area contributed by atoms with Gasteiger partial charge in [0.05, 0.1) is 10.7 Å². The van der Waals surface area contributed by atoms with E-state index in [0.717, 1.165) is 22.7 Å². The molecule has 0 aliphatic rings. The number of hydrogen-bond donors (Lipinski definition) is 2. The standard InChI is InChI=1S/C18H23F3N4OS.HI/c1-12-13(2)27-16(25-12)8-9-23-17(22-3)24-10-14-4-6-15(7-5-14)26-11-18(19,20)21;/h4-7H,8-11H2,1-3H3,(H2,22,23,24);1H. The summed E-state index contributed by atoms with van der Waals surface area (Å²) in [6, 6.07) is 6.47. The van der Waals surface area contributed by atoms with Crippen molar-refractivity contribution in [1.82, 2.24) is 15.6 Å². The van der Waals surface area contributed by atoms with Gasteiger partial charge in [0, 0.05) is 31.4 Å². The van der Waals surface area contributed by atoms with Crippen LogP contribution in [0.2, 0.25) is 0 Å². The first-order chi connectivity index (χ1) is 12.8. The minimum Gasteiger partial charge on any atom is -0.484 e. The number of aliphatic imine (C=N–C) groups is 1. The van der Waals surface area contributed by atoms with Gasteiger partial charge in [-0.05, 0) is 31.5 Å². The third kappa shape index (κ3) is 8.63. The van der Waals surface area contributed by atoms with Crippen molar-refractivity contribution < 1.29 is 17.9 Å². The molecule has 0 aliphatic carbocycles. The highest BCUT2D eigenvalue weighted by Crippen LogP contribution is 2.19. The molecule has 0 saturated carbocycles. The van der Waals surface area contributed by atoms with E-state index in [1.807, 2.05) is 6.92 Å². The van der Waals surface area contributed by atoms with Gasteiger partial charge in [-0.1, -0.05) is 12.1 Å². The molecule has 0 fully saturated rings. The van der Waals surface area contributed by atoms with E-state index < -0.39 is 12.8 Å². The van der Waals surface area contributed by atoms with Gasteiger partial charge in [-0.15, -0.1) is 35.3 Å². The summed E-state index contributed by atoms with van der Waals surface area (Å²) in [5.74, 6) is 0.838. The fraction of sp³-hybridized carbons (Fsp3) is 0.444. The second-order valence-corrected chi connectivity index (χ2v) is 7.19. The number of thiazole rings is 1. The van der Waals surface area contributed by atoms with Crippen molar-refractivity contribution in [3.05, 3.63) is 45.4 Å². The molecule has 0 amide bonds. The Morgan fingerprint density at radius 3 is 2.39 bits per heavy atom. The van der Waals surface area contributed by atoms with Crippen molar-refractivity contribution in [2.45, 2.75) is 33.0 Å². The lowest BCUT2D eigenvalue weighted by Gasteiger charge is -2.12. The fourth-order valence-electron chi connectivity index (χ4n) is 2.21. The van der Waals surface area contributed by atoms with Crippen LogP contribution < -0.4 is 15.4 Å². The molecule has 0 bridgehead atoms. The average Bonchev–Trinajstić information content (AvgIpc) is 2.94. The summed E-state index contributed by atoms with van der Waals surface area (Å²) in [6.45, 7) is 3.97. The molecular formula is C18H24F3IN4OS. The van der Waals surface area contributed by atoms with Gasteiger partial charge in [0.2, 0.25) is 0 Å². The van der Waals surface area contributed by atoms with Gasteiger partial charge in [0.25, 0.3) is 0 Å². The van der Waals surface area contributed by atoms with E-state index in [2.05, 4.69) is 27.5 Å². The van der Waals surface area contributed by atoms with Crippen molar-refractivity contribution in [3.8, 4) is 5.75 Å². The first-order valence-electron chi connectivity index (χ1n) is 8.43. The summed E-state index contributed by atoms with van der Waals surface area (Å²) in [4.78, 5) is 9.89. The molecule has 10 heteroatoms. The zero-order valence-corrected chi connectivity index (χ0v) is 19.0. The van der Waals surface area contributed by atoms with E-state index in [1.165, 1.54) is 17.0 Å². The predicted molar refractivity (Wildman–Crippen MR) is 117 cm³/mol. The van der Waals surface area contributed by atoms with Crippen LogP contribution in [0.1, 0.15) is 21.1 Å². The quantitative estimate of drug-likeness (QED) is 0.321. The topological polar surface area (TPSA) is 58.5 Å². The zero-order chi connectivity index (χ0) is 19.9. The van der Waals surface area contributed by atoms with Crippen LogP contribution in [-0.2, 0) is 13.0 Å². The van der Waals surface area contributed by atoms with Gasteiger partial charge in [-0.3, -0.25) is 4.99 Å². The molecule has 0 radical (unpaired) electrons. The molecule has 0 spiro atoms. The third-order valence-corrected chi connectivity index (χ3v) is 4.85. The normalized spacial score (nSPS) is 11.7. The first-order valence-corrected chi connectivity index (χ1v) is 9.24. The number of nitrogens with one attached hydrogen (secondary N) is 2. The molecule has 2 N–H and O–H groups in total. The van der Waals surface area contributed by atoms with Gasteiger partial charge < -0.3 is 15.4 Å². The van der Waals surface area contributed by atoms with E-state index in [1.54, 1.807) is 30.5 Å².